The summed E-state index contributed by atoms with van der Waals surface area (Å²) in [6.45, 7) is 1.96. The van der Waals surface area contributed by atoms with Crippen LogP contribution < -0.4 is 15.2 Å². The number of methoxy groups -OCH3 is 2. The Morgan fingerprint density at radius 3 is 2.22 bits per heavy atom. The molecule has 1 aromatic carbocycles. The van der Waals surface area contributed by atoms with E-state index in [1.54, 1.807) is 20.4 Å². The van der Waals surface area contributed by atoms with Gasteiger partial charge in [-0.2, -0.15) is 0 Å². The first-order chi connectivity index (χ1) is 8.65. The average Bonchev–Trinajstić information content (AvgIpc) is 2.41. The number of aromatic nitrogens is 1. The first kappa shape index (κ1) is 12.2. The van der Waals surface area contributed by atoms with Crippen molar-refractivity contribution in [3.05, 3.63) is 36.0 Å². The van der Waals surface area contributed by atoms with Crippen molar-refractivity contribution in [1.82, 2.24) is 4.98 Å². The Balaban J connectivity index is 2.59. The third kappa shape index (κ3) is 2.22. The molecule has 0 saturated carbocycles. The van der Waals surface area contributed by atoms with E-state index in [2.05, 4.69) is 4.98 Å². The summed E-state index contributed by atoms with van der Waals surface area (Å²) in [5.41, 5.74) is 9.35. The standard InChI is InChI=1S/C14H16N2O2/c1-9-4-5-16-14(13(9)15)10-6-11(17-2)8-12(7-10)18-3/h4-8H,15H2,1-3H3. The molecule has 0 fully saturated rings. The largest absolute Gasteiger partial charge is 0.497 e. The second kappa shape index (κ2) is 4.96. The van der Waals surface area contributed by atoms with Gasteiger partial charge in [-0.05, 0) is 30.7 Å². The lowest BCUT2D eigenvalue weighted by atomic mass is 10.1. The van der Waals surface area contributed by atoms with Gasteiger partial charge in [-0.3, -0.25) is 4.98 Å². The number of anilines is 1. The van der Waals surface area contributed by atoms with Gasteiger partial charge in [-0.1, -0.05) is 0 Å². The van der Waals surface area contributed by atoms with Gasteiger partial charge in [0.15, 0.2) is 0 Å². The van der Waals surface area contributed by atoms with E-state index in [0.29, 0.717) is 17.2 Å². The summed E-state index contributed by atoms with van der Waals surface area (Å²) in [4.78, 5) is 4.32. The predicted octanol–water partition coefficient (Wildman–Crippen LogP) is 2.66. The number of aryl methyl sites for hydroxylation is 1. The van der Waals surface area contributed by atoms with Gasteiger partial charge in [0.25, 0.3) is 0 Å². The summed E-state index contributed by atoms with van der Waals surface area (Å²) in [5, 5.41) is 0. The van der Waals surface area contributed by atoms with Crippen LogP contribution in [0.5, 0.6) is 11.5 Å². The maximum absolute atomic E-state index is 6.05. The quantitative estimate of drug-likeness (QED) is 0.901. The molecule has 0 unspecified atom stereocenters. The van der Waals surface area contributed by atoms with Crippen LogP contribution in [-0.2, 0) is 0 Å². The highest BCUT2D eigenvalue weighted by Crippen LogP contribution is 2.32. The van der Waals surface area contributed by atoms with Crippen LogP contribution >= 0.6 is 0 Å². The number of benzene rings is 1. The fraction of sp³-hybridized carbons (Fsp3) is 0.214. The van der Waals surface area contributed by atoms with Crippen molar-refractivity contribution in [2.75, 3.05) is 20.0 Å². The summed E-state index contributed by atoms with van der Waals surface area (Å²) in [5.74, 6) is 1.43. The van der Waals surface area contributed by atoms with E-state index in [1.165, 1.54) is 0 Å². The van der Waals surface area contributed by atoms with E-state index in [9.17, 15) is 0 Å². The Morgan fingerprint density at radius 2 is 1.67 bits per heavy atom. The number of rotatable bonds is 3. The summed E-state index contributed by atoms with van der Waals surface area (Å²) in [6, 6.07) is 7.48. The molecule has 2 N–H and O–H groups in total. The third-order valence-corrected chi connectivity index (χ3v) is 2.83. The molecule has 1 aromatic heterocycles. The van der Waals surface area contributed by atoms with Crippen LogP contribution in [-0.4, -0.2) is 19.2 Å². The monoisotopic (exact) mass is 244 g/mol. The molecular formula is C14H16N2O2. The van der Waals surface area contributed by atoms with E-state index in [4.69, 9.17) is 15.2 Å². The molecule has 0 amide bonds. The highest BCUT2D eigenvalue weighted by atomic mass is 16.5. The van der Waals surface area contributed by atoms with Crippen molar-refractivity contribution < 1.29 is 9.47 Å². The van der Waals surface area contributed by atoms with E-state index in [0.717, 1.165) is 16.8 Å². The Labute approximate surface area is 106 Å². The predicted molar refractivity (Wildman–Crippen MR) is 71.9 cm³/mol. The van der Waals surface area contributed by atoms with E-state index >= 15 is 0 Å². The molecule has 94 valence electrons. The lowest BCUT2D eigenvalue weighted by Crippen LogP contribution is -1.97. The van der Waals surface area contributed by atoms with Gasteiger partial charge in [0.1, 0.15) is 11.5 Å². The van der Waals surface area contributed by atoms with Crippen LogP contribution in [0.25, 0.3) is 11.3 Å². The van der Waals surface area contributed by atoms with Crippen LogP contribution in [0.3, 0.4) is 0 Å². The number of nitrogens with two attached hydrogens (primary N) is 1. The molecule has 4 heteroatoms. The number of nitrogen functional groups attached to an aromatic ring is 1. The van der Waals surface area contributed by atoms with Gasteiger partial charge in [0.05, 0.1) is 25.6 Å². The van der Waals surface area contributed by atoms with Crippen molar-refractivity contribution >= 4 is 5.69 Å². The summed E-state index contributed by atoms with van der Waals surface area (Å²) < 4.78 is 10.5. The normalized spacial score (nSPS) is 10.2. The molecular weight excluding hydrogens is 228 g/mol. The van der Waals surface area contributed by atoms with Gasteiger partial charge in [0.2, 0.25) is 0 Å². The zero-order chi connectivity index (χ0) is 13.1. The highest BCUT2D eigenvalue weighted by Gasteiger charge is 2.09. The maximum Gasteiger partial charge on any atom is 0.123 e. The number of ether oxygens (including phenoxy) is 2. The molecule has 0 aliphatic heterocycles. The van der Waals surface area contributed by atoms with Gasteiger partial charge < -0.3 is 15.2 Å². The Kier molecular flexibility index (Phi) is 3.37. The highest BCUT2D eigenvalue weighted by molar-refractivity contribution is 5.76. The van der Waals surface area contributed by atoms with Crippen molar-refractivity contribution in [3.63, 3.8) is 0 Å². The zero-order valence-electron chi connectivity index (χ0n) is 10.7. The fourth-order valence-electron chi connectivity index (χ4n) is 1.74. The van der Waals surface area contributed by atoms with Gasteiger partial charge >= 0.3 is 0 Å². The number of nitrogens with zero attached hydrogens (tertiary/aromatic N) is 1. The average molecular weight is 244 g/mol. The molecule has 4 nitrogen and oxygen atoms in total. The number of pyridine rings is 1. The summed E-state index contributed by atoms with van der Waals surface area (Å²) >= 11 is 0. The second-order valence-electron chi connectivity index (χ2n) is 3.99. The molecule has 0 aliphatic carbocycles. The smallest absolute Gasteiger partial charge is 0.123 e. The van der Waals surface area contributed by atoms with Crippen LogP contribution in [0.2, 0.25) is 0 Å². The fourth-order valence-corrected chi connectivity index (χ4v) is 1.74. The number of hydrogen-bond donors (Lipinski definition) is 1. The van der Waals surface area contributed by atoms with Gasteiger partial charge in [-0.25, -0.2) is 0 Å². The van der Waals surface area contributed by atoms with E-state index in [-0.39, 0.29) is 0 Å². The zero-order valence-corrected chi connectivity index (χ0v) is 10.7. The third-order valence-electron chi connectivity index (χ3n) is 2.83. The second-order valence-corrected chi connectivity index (χ2v) is 3.99. The minimum atomic E-state index is 0.674. The topological polar surface area (TPSA) is 57.4 Å². The molecule has 18 heavy (non-hydrogen) atoms. The molecule has 2 rings (SSSR count). The molecule has 2 aromatic rings. The molecule has 0 radical (unpaired) electrons. The Bertz CT molecular complexity index is 545. The minimum absolute atomic E-state index is 0.674. The molecule has 0 aliphatic rings. The lowest BCUT2D eigenvalue weighted by molar-refractivity contribution is 0.394. The van der Waals surface area contributed by atoms with Gasteiger partial charge in [0, 0.05) is 17.8 Å². The van der Waals surface area contributed by atoms with Crippen LogP contribution in [0, 0.1) is 6.92 Å². The van der Waals surface area contributed by atoms with Crippen molar-refractivity contribution in [2.45, 2.75) is 6.92 Å². The molecule has 0 spiro atoms. The summed E-state index contributed by atoms with van der Waals surface area (Å²) in [6.07, 6.45) is 1.74. The Morgan fingerprint density at radius 1 is 1.06 bits per heavy atom. The SMILES string of the molecule is COc1cc(OC)cc(-c2nccc(C)c2N)c1. The van der Waals surface area contributed by atoms with Crippen LogP contribution in [0.15, 0.2) is 30.5 Å². The van der Waals surface area contributed by atoms with Crippen molar-refractivity contribution in [1.29, 1.82) is 0 Å². The van der Waals surface area contributed by atoms with Gasteiger partial charge in [-0.15, -0.1) is 0 Å². The lowest BCUT2D eigenvalue weighted by Gasteiger charge is -2.10. The maximum atomic E-state index is 6.05. The first-order valence-electron chi connectivity index (χ1n) is 5.60. The molecule has 0 saturated heterocycles. The summed E-state index contributed by atoms with van der Waals surface area (Å²) in [7, 11) is 3.23. The molecule has 1 heterocycles. The number of hydrogen-bond acceptors (Lipinski definition) is 4. The van der Waals surface area contributed by atoms with E-state index < -0.39 is 0 Å². The van der Waals surface area contributed by atoms with Crippen LogP contribution in [0.1, 0.15) is 5.56 Å². The van der Waals surface area contributed by atoms with Crippen molar-refractivity contribution in [3.8, 4) is 22.8 Å². The van der Waals surface area contributed by atoms with E-state index in [1.807, 2.05) is 31.2 Å². The van der Waals surface area contributed by atoms with Crippen LogP contribution in [0.4, 0.5) is 5.69 Å². The Hall–Kier alpha value is -2.23. The first-order valence-corrected chi connectivity index (χ1v) is 5.60. The molecule has 0 bridgehead atoms. The minimum Gasteiger partial charge on any atom is -0.497 e. The van der Waals surface area contributed by atoms with Crippen molar-refractivity contribution in [2.24, 2.45) is 0 Å². The molecule has 0 atom stereocenters.